The standard InChI is InChI=1S/C16H19N3O2/c1-12-4-2-6-15(8-12)19-10-14(18-11-19)9-13(16(20)21)5-3-7-17/h2,4-6,8,10-11H,3,7,9,17H2,1H3,(H,20,21)/b13-5-. The first-order chi connectivity index (χ1) is 10.1. The molecule has 21 heavy (non-hydrogen) atoms. The minimum atomic E-state index is -0.923. The van der Waals surface area contributed by atoms with E-state index in [9.17, 15) is 9.90 Å². The molecule has 2 rings (SSSR count). The van der Waals surface area contributed by atoms with Crippen LogP contribution in [0.1, 0.15) is 17.7 Å². The van der Waals surface area contributed by atoms with E-state index in [4.69, 9.17) is 5.73 Å². The van der Waals surface area contributed by atoms with E-state index in [1.807, 2.05) is 42.0 Å². The number of nitrogens with two attached hydrogens (primary N) is 1. The fourth-order valence-corrected chi connectivity index (χ4v) is 2.07. The van der Waals surface area contributed by atoms with E-state index < -0.39 is 5.97 Å². The van der Waals surface area contributed by atoms with Gasteiger partial charge in [0.05, 0.1) is 12.0 Å². The normalized spacial score (nSPS) is 11.6. The molecular formula is C16H19N3O2. The Morgan fingerprint density at radius 3 is 2.95 bits per heavy atom. The first-order valence-electron chi connectivity index (χ1n) is 6.82. The average Bonchev–Trinajstić information content (AvgIpc) is 2.91. The molecule has 110 valence electrons. The number of benzene rings is 1. The van der Waals surface area contributed by atoms with Gasteiger partial charge in [-0.1, -0.05) is 18.2 Å². The first-order valence-corrected chi connectivity index (χ1v) is 6.82. The summed E-state index contributed by atoms with van der Waals surface area (Å²) >= 11 is 0. The molecule has 1 aromatic heterocycles. The van der Waals surface area contributed by atoms with Crippen molar-refractivity contribution in [2.75, 3.05) is 6.54 Å². The number of aliphatic carboxylic acids is 1. The van der Waals surface area contributed by atoms with Gasteiger partial charge in [0.15, 0.2) is 0 Å². The van der Waals surface area contributed by atoms with Gasteiger partial charge in [-0.2, -0.15) is 0 Å². The maximum atomic E-state index is 11.2. The van der Waals surface area contributed by atoms with E-state index in [1.54, 1.807) is 12.4 Å². The minimum absolute atomic E-state index is 0.300. The Bertz CT molecular complexity index is 659. The highest BCUT2D eigenvalue weighted by Crippen LogP contribution is 2.13. The lowest BCUT2D eigenvalue weighted by Gasteiger charge is -2.02. The first kappa shape index (κ1) is 15.0. The molecule has 0 aliphatic heterocycles. The van der Waals surface area contributed by atoms with Gasteiger partial charge in [-0.05, 0) is 37.6 Å². The highest BCUT2D eigenvalue weighted by Gasteiger charge is 2.10. The highest BCUT2D eigenvalue weighted by atomic mass is 16.4. The minimum Gasteiger partial charge on any atom is -0.478 e. The predicted molar refractivity (Wildman–Crippen MR) is 81.4 cm³/mol. The van der Waals surface area contributed by atoms with Crippen LogP contribution in [0.5, 0.6) is 0 Å². The van der Waals surface area contributed by atoms with Crippen LogP contribution in [0.3, 0.4) is 0 Å². The third-order valence-electron chi connectivity index (χ3n) is 3.14. The zero-order valence-corrected chi connectivity index (χ0v) is 12.0. The molecule has 1 aromatic carbocycles. The molecule has 3 N–H and O–H groups in total. The Morgan fingerprint density at radius 1 is 1.48 bits per heavy atom. The van der Waals surface area contributed by atoms with E-state index in [1.165, 1.54) is 0 Å². The zero-order valence-electron chi connectivity index (χ0n) is 12.0. The Morgan fingerprint density at radius 2 is 2.29 bits per heavy atom. The molecule has 0 spiro atoms. The van der Waals surface area contributed by atoms with Crippen LogP contribution in [-0.2, 0) is 11.2 Å². The van der Waals surface area contributed by atoms with Crippen LogP contribution in [0.15, 0.2) is 48.4 Å². The maximum absolute atomic E-state index is 11.2. The van der Waals surface area contributed by atoms with Gasteiger partial charge in [0.25, 0.3) is 0 Å². The Kier molecular flexibility index (Phi) is 4.90. The van der Waals surface area contributed by atoms with Crippen molar-refractivity contribution in [1.82, 2.24) is 9.55 Å². The second-order valence-electron chi connectivity index (χ2n) is 4.90. The Balaban J connectivity index is 2.18. The second-order valence-corrected chi connectivity index (χ2v) is 4.90. The molecule has 1 heterocycles. The van der Waals surface area contributed by atoms with Crippen LogP contribution in [0.25, 0.3) is 5.69 Å². The molecule has 0 fully saturated rings. The van der Waals surface area contributed by atoms with Gasteiger partial charge in [-0.25, -0.2) is 9.78 Å². The van der Waals surface area contributed by atoms with Crippen molar-refractivity contribution < 1.29 is 9.90 Å². The van der Waals surface area contributed by atoms with Crippen LogP contribution in [0, 0.1) is 6.92 Å². The molecule has 0 amide bonds. The van der Waals surface area contributed by atoms with E-state index in [-0.39, 0.29) is 0 Å². The summed E-state index contributed by atoms with van der Waals surface area (Å²) in [5.41, 5.74) is 8.63. The quantitative estimate of drug-likeness (QED) is 0.796. The zero-order chi connectivity index (χ0) is 15.2. The number of hydrogen-bond donors (Lipinski definition) is 2. The maximum Gasteiger partial charge on any atom is 0.331 e. The number of carbonyl (C=O) groups is 1. The number of carboxylic acids is 1. The smallest absolute Gasteiger partial charge is 0.331 e. The largest absolute Gasteiger partial charge is 0.478 e. The van der Waals surface area contributed by atoms with Gasteiger partial charge < -0.3 is 15.4 Å². The lowest BCUT2D eigenvalue weighted by atomic mass is 10.1. The van der Waals surface area contributed by atoms with Gasteiger partial charge in [0.1, 0.15) is 0 Å². The van der Waals surface area contributed by atoms with Gasteiger partial charge in [0, 0.05) is 23.9 Å². The van der Waals surface area contributed by atoms with Crippen LogP contribution < -0.4 is 5.73 Å². The van der Waals surface area contributed by atoms with Gasteiger partial charge in [0.2, 0.25) is 0 Å². The van der Waals surface area contributed by atoms with Crippen LogP contribution >= 0.6 is 0 Å². The fourth-order valence-electron chi connectivity index (χ4n) is 2.07. The molecule has 0 aliphatic rings. The summed E-state index contributed by atoms with van der Waals surface area (Å²) in [6.07, 6.45) is 6.07. The van der Waals surface area contributed by atoms with Crippen LogP contribution in [0.4, 0.5) is 0 Å². The lowest BCUT2D eigenvalue weighted by molar-refractivity contribution is -0.132. The molecule has 0 saturated carbocycles. The van der Waals surface area contributed by atoms with Crippen molar-refractivity contribution in [3.8, 4) is 5.69 Å². The molecule has 0 saturated heterocycles. The Labute approximate surface area is 123 Å². The highest BCUT2D eigenvalue weighted by molar-refractivity contribution is 5.86. The number of aryl methyl sites for hydroxylation is 1. The van der Waals surface area contributed by atoms with Gasteiger partial charge in [-0.3, -0.25) is 0 Å². The molecule has 0 radical (unpaired) electrons. The topological polar surface area (TPSA) is 81.1 Å². The SMILES string of the molecule is Cc1cccc(-n2cnc(C/C(=C/CCN)C(=O)O)c2)c1. The van der Waals surface area contributed by atoms with E-state index in [0.29, 0.717) is 25.0 Å². The van der Waals surface area contributed by atoms with Gasteiger partial charge >= 0.3 is 5.97 Å². The Hall–Kier alpha value is -2.40. The summed E-state index contributed by atoms with van der Waals surface area (Å²) in [5.74, 6) is -0.923. The summed E-state index contributed by atoms with van der Waals surface area (Å²) in [4.78, 5) is 15.5. The predicted octanol–water partition coefficient (Wildman–Crippen LogP) is 2.08. The summed E-state index contributed by atoms with van der Waals surface area (Å²) < 4.78 is 1.89. The number of carboxylic acid groups (broad SMARTS) is 1. The monoisotopic (exact) mass is 285 g/mol. The van der Waals surface area contributed by atoms with Crippen molar-refractivity contribution in [1.29, 1.82) is 0 Å². The molecule has 5 heteroatoms. The van der Waals surface area contributed by atoms with E-state index in [2.05, 4.69) is 4.98 Å². The third kappa shape index (κ3) is 4.03. The lowest BCUT2D eigenvalue weighted by Crippen LogP contribution is -2.06. The summed E-state index contributed by atoms with van der Waals surface area (Å²) in [6.45, 7) is 2.47. The van der Waals surface area contributed by atoms with E-state index >= 15 is 0 Å². The van der Waals surface area contributed by atoms with Crippen molar-refractivity contribution in [2.24, 2.45) is 5.73 Å². The molecule has 0 atom stereocenters. The molecule has 0 bridgehead atoms. The van der Waals surface area contributed by atoms with Crippen molar-refractivity contribution >= 4 is 5.97 Å². The molecular weight excluding hydrogens is 266 g/mol. The van der Waals surface area contributed by atoms with Crippen molar-refractivity contribution in [3.63, 3.8) is 0 Å². The van der Waals surface area contributed by atoms with Crippen molar-refractivity contribution in [3.05, 3.63) is 59.7 Å². The molecule has 2 aromatic rings. The number of imidazole rings is 1. The van der Waals surface area contributed by atoms with Crippen LogP contribution in [-0.4, -0.2) is 27.2 Å². The van der Waals surface area contributed by atoms with Crippen LogP contribution in [0.2, 0.25) is 0 Å². The van der Waals surface area contributed by atoms with Crippen molar-refractivity contribution in [2.45, 2.75) is 19.8 Å². The summed E-state index contributed by atoms with van der Waals surface area (Å²) in [6, 6.07) is 8.04. The van der Waals surface area contributed by atoms with E-state index in [0.717, 1.165) is 16.9 Å². The number of aromatic nitrogens is 2. The molecule has 0 aliphatic carbocycles. The second kappa shape index (κ2) is 6.85. The number of hydrogen-bond acceptors (Lipinski definition) is 3. The number of nitrogens with zero attached hydrogens (tertiary/aromatic N) is 2. The number of rotatable bonds is 6. The third-order valence-corrected chi connectivity index (χ3v) is 3.14. The van der Waals surface area contributed by atoms with Gasteiger partial charge in [-0.15, -0.1) is 0 Å². The summed E-state index contributed by atoms with van der Waals surface area (Å²) in [7, 11) is 0. The molecule has 5 nitrogen and oxygen atoms in total. The fraction of sp³-hybridized carbons (Fsp3) is 0.250. The summed E-state index contributed by atoms with van der Waals surface area (Å²) in [5, 5.41) is 9.18. The molecule has 0 unspecified atom stereocenters. The average molecular weight is 285 g/mol.